The van der Waals surface area contributed by atoms with Crippen LogP contribution in [0.15, 0.2) is 27.3 Å². The minimum Gasteiger partial charge on any atom is -0.305 e. The summed E-state index contributed by atoms with van der Waals surface area (Å²) < 4.78 is 17.1. The highest BCUT2D eigenvalue weighted by atomic mass is 79.9. The number of nitrogens with one attached hydrogen (secondary N) is 1. The van der Waals surface area contributed by atoms with Gasteiger partial charge in [-0.2, -0.15) is 0 Å². The van der Waals surface area contributed by atoms with Crippen LogP contribution in [0.5, 0.6) is 0 Å². The number of hydrogen-bond acceptors (Lipinski definition) is 3. The fraction of sp³-hybridized carbons (Fsp3) is 0.385. The minimum absolute atomic E-state index is 0.269. The van der Waals surface area contributed by atoms with E-state index in [9.17, 15) is 4.39 Å². The zero-order valence-corrected chi connectivity index (χ0v) is 14.4. The molecule has 0 spiro atoms. The predicted molar refractivity (Wildman–Crippen MR) is 82.9 cm³/mol. The quantitative estimate of drug-likeness (QED) is 0.826. The molecular formula is C13H15Br2FN4. The van der Waals surface area contributed by atoms with Crippen LogP contribution in [0, 0.1) is 5.82 Å². The van der Waals surface area contributed by atoms with Crippen molar-refractivity contribution < 1.29 is 4.39 Å². The predicted octanol–water partition coefficient (Wildman–Crippen LogP) is 3.57. The molecule has 0 fully saturated rings. The van der Waals surface area contributed by atoms with Gasteiger partial charge in [-0.25, -0.2) is 9.07 Å². The summed E-state index contributed by atoms with van der Waals surface area (Å²) in [6.45, 7) is 2.84. The van der Waals surface area contributed by atoms with Crippen LogP contribution in [-0.4, -0.2) is 21.5 Å². The molecule has 1 aromatic heterocycles. The highest BCUT2D eigenvalue weighted by molar-refractivity contribution is 9.10. The Morgan fingerprint density at radius 1 is 1.40 bits per heavy atom. The van der Waals surface area contributed by atoms with Crippen molar-refractivity contribution in [2.24, 2.45) is 7.05 Å². The van der Waals surface area contributed by atoms with E-state index in [0.717, 1.165) is 18.7 Å². The summed E-state index contributed by atoms with van der Waals surface area (Å²) in [5, 5.41) is 11.3. The second kappa shape index (κ2) is 6.78. The molecule has 1 aromatic carbocycles. The molecule has 0 saturated heterocycles. The van der Waals surface area contributed by atoms with E-state index in [1.165, 1.54) is 0 Å². The maximum atomic E-state index is 14.4. The van der Waals surface area contributed by atoms with E-state index in [4.69, 9.17) is 0 Å². The molecule has 1 atom stereocenters. The van der Waals surface area contributed by atoms with Gasteiger partial charge in [-0.15, -0.1) is 5.10 Å². The van der Waals surface area contributed by atoms with Gasteiger partial charge in [0.1, 0.15) is 5.82 Å². The lowest BCUT2D eigenvalue weighted by Gasteiger charge is -2.20. The minimum atomic E-state index is -0.304. The first kappa shape index (κ1) is 15.6. The van der Waals surface area contributed by atoms with E-state index in [2.05, 4.69) is 54.4 Å². The Kier molecular flexibility index (Phi) is 5.29. The Morgan fingerprint density at radius 3 is 2.75 bits per heavy atom. The van der Waals surface area contributed by atoms with Gasteiger partial charge >= 0.3 is 0 Å². The van der Waals surface area contributed by atoms with Crippen LogP contribution in [0.4, 0.5) is 4.39 Å². The van der Waals surface area contributed by atoms with E-state index in [-0.39, 0.29) is 11.9 Å². The van der Waals surface area contributed by atoms with Crippen molar-refractivity contribution >= 4 is 31.9 Å². The molecule has 1 N–H and O–H groups in total. The Hall–Kier alpha value is -0.790. The topological polar surface area (TPSA) is 42.7 Å². The third kappa shape index (κ3) is 3.10. The summed E-state index contributed by atoms with van der Waals surface area (Å²) in [5.41, 5.74) is 1.37. The van der Waals surface area contributed by atoms with Gasteiger partial charge in [0, 0.05) is 12.6 Å². The molecule has 0 aliphatic heterocycles. The molecule has 0 aliphatic rings. The Bertz CT molecular complexity index is 581. The van der Waals surface area contributed by atoms with Gasteiger partial charge < -0.3 is 5.32 Å². The number of benzene rings is 1. The highest BCUT2D eigenvalue weighted by Gasteiger charge is 2.24. The van der Waals surface area contributed by atoms with Crippen LogP contribution in [0.2, 0.25) is 0 Å². The molecule has 4 nitrogen and oxygen atoms in total. The molecule has 108 valence electrons. The molecule has 0 aliphatic carbocycles. The van der Waals surface area contributed by atoms with Crippen LogP contribution >= 0.6 is 31.9 Å². The van der Waals surface area contributed by atoms with Gasteiger partial charge in [-0.05, 0) is 50.9 Å². The molecule has 0 saturated carbocycles. The largest absolute Gasteiger partial charge is 0.305 e. The smallest absolute Gasteiger partial charge is 0.153 e. The molecular weight excluding hydrogens is 391 g/mol. The lowest BCUT2D eigenvalue weighted by atomic mass is 10.0. The number of halogens is 3. The summed E-state index contributed by atoms with van der Waals surface area (Å²) in [7, 11) is 1.80. The zero-order valence-electron chi connectivity index (χ0n) is 11.2. The number of aryl methyl sites for hydroxylation is 1. The van der Waals surface area contributed by atoms with Crippen LogP contribution in [0.3, 0.4) is 0 Å². The summed E-state index contributed by atoms with van der Waals surface area (Å²) in [5.74, 6) is -0.269. The summed E-state index contributed by atoms with van der Waals surface area (Å²) in [6.07, 6.45) is 0.953. The van der Waals surface area contributed by atoms with Gasteiger partial charge in [0.05, 0.1) is 16.2 Å². The number of hydrogen-bond donors (Lipinski definition) is 1. The fourth-order valence-electron chi connectivity index (χ4n) is 2.03. The SMILES string of the molecule is CCCNC(c1cccc(Br)c1F)c1c(Br)nnn1C. The Labute approximate surface area is 134 Å². The number of rotatable bonds is 5. The third-order valence-electron chi connectivity index (χ3n) is 2.99. The van der Waals surface area contributed by atoms with Crippen molar-refractivity contribution in [1.29, 1.82) is 0 Å². The van der Waals surface area contributed by atoms with Crippen LogP contribution in [0.1, 0.15) is 30.6 Å². The van der Waals surface area contributed by atoms with Crippen molar-refractivity contribution in [2.75, 3.05) is 6.54 Å². The number of aromatic nitrogens is 3. The normalized spacial score (nSPS) is 12.7. The van der Waals surface area contributed by atoms with Gasteiger partial charge in [-0.1, -0.05) is 24.3 Å². The van der Waals surface area contributed by atoms with E-state index in [1.807, 2.05) is 6.07 Å². The third-order valence-corrected chi connectivity index (χ3v) is 4.17. The second-order valence-corrected chi connectivity index (χ2v) is 6.02. The lowest BCUT2D eigenvalue weighted by molar-refractivity contribution is 0.515. The van der Waals surface area contributed by atoms with Crippen molar-refractivity contribution in [3.8, 4) is 0 Å². The standard InChI is InChI=1S/C13H15Br2FN4/c1-3-7-17-11(12-13(15)18-19-20(12)2)8-5-4-6-9(14)10(8)16/h4-6,11,17H,3,7H2,1-2H3. The zero-order chi connectivity index (χ0) is 14.7. The van der Waals surface area contributed by atoms with Crippen molar-refractivity contribution in [1.82, 2.24) is 20.3 Å². The molecule has 2 aromatic rings. The molecule has 0 amide bonds. The molecule has 0 radical (unpaired) electrons. The van der Waals surface area contributed by atoms with Crippen LogP contribution in [-0.2, 0) is 7.05 Å². The first-order chi connectivity index (χ1) is 9.56. The molecule has 1 unspecified atom stereocenters. The monoisotopic (exact) mass is 404 g/mol. The lowest BCUT2D eigenvalue weighted by Crippen LogP contribution is -2.26. The molecule has 0 bridgehead atoms. The fourth-order valence-corrected chi connectivity index (χ4v) is 2.97. The Morgan fingerprint density at radius 2 is 2.15 bits per heavy atom. The molecule has 1 heterocycles. The van der Waals surface area contributed by atoms with Gasteiger partial charge in [0.2, 0.25) is 0 Å². The van der Waals surface area contributed by atoms with Gasteiger partial charge in [0.25, 0.3) is 0 Å². The average molecular weight is 406 g/mol. The van der Waals surface area contributed by atoms with E-state index in [0.29, 0.717) is 14.6 Å². The van der Waals surface area contributed by atoms with Crippen molar-refractivity contribution in [3.05, 3.63) is 44.3 Å². The van der Waals surface area contributed by atoms with Crippen LogP contribution in [0.25, 0.3) is 0 Å². The Balaban J connectivity index is 2.50. The van der Waals surface area contributed by atoms with Gasteiger partial charge in [-0.3, -0.25) is 0 Å². The second-order valence-electron chi connectivity index (χ2n) is 4.42. The maximum Gasteiger partial charge on any atom is 0.153 e. The van der Waals surface area contributed by atoms with E-state index < -0.39 is 0 Å². The first-order valence-corrected chi connectivity index (χ1v) is 7.87. The first-order valence-electron chi connectivity index (χ1n) is 6.28. The van der Waals surface area contributed by atoms with E-state index in [1.54, 1.807) is 23.9 Å². The summed E-state index contributed by atoms with van der Waals surface area (Å²) in [6, 6.07) is 4.97. The van der Waals surface area contributed by atoms with E-state index >= 15 is 0 Å². The number of nitrogens with zero attached hydrogens (tertiary/aromatic N) is 3. The van der Waals surface area contributed by atoms with Crippen molar-refractivity contribution in [3.63, 3.8) is 0 Å². The summed E-state index contributed by atoms with van der Waals surface area (Å²) >= 11 is 6.61. The summed E-state index contributed by atoms with van der Waals surface area (Å²) in [4.78, 5) is 0. The van der Waals surface area contributed by atoms with Crippen LogP contribution < -0.4 is 5.32 Å². The molecule has 7 heteroatoms. The molecule has 2 rings (SSSR count). The van der Waals surface area contributed by atoms with Crippen molar-refractivity contribution in [2.45, 2.75) is 19.4 Å². The molecule has 20 heavy (non-hydrogen) atoms. The average Bonchev–Trinajstić information content (AvgIpc) is 2.75. The maximum absolute atomic E-state index is 14.4. The highest BCUT2D eigenvalue weighted by Crippen LogP contribution is 2.31. The van der Waals surface area contributed by atoms with Gasteiger partial charge in [0.15, 0.2) is 4.60 Å².